The van der Waals surface area contributed by atoms with Crippen LogP contribution in [0.2, 0.25) is 0 Å². The molecular formula is C16H25NO. The quantitative estimate of drug-likeness (QED) is 0.884. The largest absolute Gasteiger partial charge is 0.383 e. The van der Waals surface area contributed by atoms with E-state index in [4.69, 9.17) is 0 Å². The average Bonchev–Trinajstić information content (AvgIpc) is 2.91. The van der Waals surface area contributed by atoms with Gasteiger partial charge in [0.05, 0.1) is 0 Å². The molecule has 1 heterocycles. The van der Waals surface area contributed by atoms with Gasteiger partial charge in [0.2, 0.25) is 0 Å². The van der Waals surface area contributed by atoms with Crippen LogP contribution in [0.3, 0.4) is 0 Å². The fraction of sp³-hybridized carbons (Fsp3) is 0.625. The number of rotatable bonds is 4. The molecule has 2 rings (SSSR count). The number of hydrogen-bond donors (Lipinski definition) is 1. The third kappa shape index (κ3) is 2.32. The first-order valence-corrected chi connectivity index (χ1v) is 7.08. The van der Waals surface area contributed by atoms with Crippen molar-refractivity contribution in [3.05, 3.63) is 35.9 Å². The van der Waals surface area contributed by atoms with Crippen molar-refractivity contribution in [3.63, 3.8) is 0 Å². The van der Waals surface area contributed by atoms with Gasteiger partial charge in [0.1, 0.15) is 5.60 Å². The molecular weight excluding hydrogens is 222 g/mol. The summed E-state index contributed by atoms with van der Waals surface area (Å²) in [6.45, 7) is 8.61. The highest BCUT2D eigenvalue weighted by Crippen LogP contribution is 2.36. The highest BCUT2D eigenvalue weighted by atomic mass is 16.3. The van der Waals surface area contributed by atoms with Crippen molar-refractivity contribution in [3.8, 4) is 0 Å². The van der Waals surface area contributed by atoms with Crippen LogP contribution in [0.4, 0.5) is 0 Å². The molecule has 0 radical (unpaired) electrons. The van der Waals surface area contributed by atoms with E-state index < -0.39 is 5.60 Å². The molecule has 1 N–H and O–H groups in total. The minimum absolute atomic E-state index is 0.169. The lowest BCUT2D eigenvalue weighted by molar-refractivity contribution is -0.0758. The van der Waals surface area contributed by atoms with Crippen molar-refractivity contribution in [2.45, 2.75) is 45.3 Å². The van der Waals surface area contributed by atoms with Gasteiger partial charge in [-0.1, -0.05) is 44.2 Å². The molecule has 1 aliphatic heterocycles. The molecule has 0 bridgehead atoms. The summed E-state index contributed by atoms with van der Waals surface area (Å²) in [6, 6.07) is 10.3. The molecule has 0 spiro atoms. The molecule has 2 nitrogen and oxygen atoms in total. The Labute approximate surface area is 111 Å². The second kappa shape index (κ2) is 5.41. The van der Waals surface area contributed by atoms with Gasteiger partial charge in [-0.2, -0.15) is 0 Å². The summed E-state index contributed by atoms with van der Waals surface area (Å²) in [5.41, 5.74) is 0.283. The van der Waals surface area contributed by atoms with Gasteiger partial charge < -0.3 is 5.11 Å². The molecule has 1 aromatic carbocycles. The second-order valence-corrected chi connectivity index (χ2v) is 5.77. The predicted molar refractivity (Wildman–Crippen MR) is 75.4 cm³/mol. The van der Waals surface area contributed by atoms with Gasteiger partial charge in [0.25, 0.3) is 0 Å². The summed E-state index contributed by atoms with van der Waals surface area (Å²) < 4.78 is 0. The molecule has 1 saturated heterocycles. The Morgan fingerprint density at radius 1 is 1.06 bits per heavy atom. The van der Waals surface area contributed by atoms with E-state index in [1.807, 2.05) is 30.3 Å². The van der Waals surface area contributed by atoms with Gasteiger partial charge >= 0.3 is 0 Å². The van der Waals surface area contributed by atoms with Crippen LogP contribution < -0.4 is 0 Å². The van der Waals surface area contributed by atoms with E-state index in [1.54, 1.807) is 0 Å². The van der Waals surface area contributed by atoms with Crippen LogP contribution in [-0.2, 0) is 5.60 Å². The van der Waals surface area contributed by atoms with E-state index in [0.29, 0.717) is 0 Å². The smallest absolute Gasteiger partial charge is 0.107 e. The van der Waals surface area contributed by atoms with Crippen LogP contribution >= 0.6 is 0 Å². The SMILES string of the molecule is CC(C)[C@@](O)(c1ccccc1)[C@@H](C)N1CCCC1. The Hall–Kier alpha value is -0.860. The van der Waals surface area contributed by atoms with Crippen LogP contribution in [0.25, 0.3) is 0 Å². The minimum atomic E-state index is -0.758. The zero-order valence-electron chi connectivity index (χ0n) is 11.8. The predicted octanol–water partition coefficient (Wildman–Crippen LogP) is 3.01. The lowest BCUT2D eigenvalue weighted by Crippen LogP contribution is -2.51. The van der Waals surface area contributed by atoms with Crippen LogP contribution in [0.5, 0.6) is 0 Å². The number of likely N-dealkylation sites (tertiary alicyclic amines) is 1. The van der Waals surface area contributed by atoms with Gasteiger partial charge in [0.15, 0.2) is 0 Å². The fourth-order valence-corrected chi connectivity index (χ4v) is 3.17. The summed E-state index contributed by atoms with van der Waals surface area (Å²) in [7, 11) is 0. The monoisotopic (exact) mass is 247 g/mol. The average molecular weight is 247 g/mol. The molecule has 0 saturated carbocycles. The molecule has 100 valence electrons. The highest BCUT2D eigenvalue weighted by molar-refractivity contribution is 5.25. The third-order valence-electron chi connectivity index (χ3n) is 4.44. The van der Waals surface area contributed by atoms with E-state index in [2.05, 4.69) is 25.7 Å². The lowest BCUT2D eigenvalue weighted by atomic mass is 9.77. The normalized spacial score (nSPS) is 22.1. The van der Waals surface area contributed by atoms with E-state index in [9.17, 15) is 5.11 Å². The summed E-state index contributed by atoms with van der Waals surface area (Å²) in [4.78, 5) is 2.42. The minimum Gasteiger partial charge on any atom is -0.383 e. The molecule has 18 heavy (non-hydrogen) atoms. The van der Waals surface area contributed by atoms with Crippen molar-refractivity contribution < 1.29 is 5.11 Å². The topological polar surface area (TPSA) is 23.5 Å². The Morgan fingerprint density at radius 3 is 2.11 bits per heavy atom. The van der Waals surface area contributed by atoms with E-state index in [1.165, 1.54) is 12.8 Å². The van der Waals surface area contributed by atoms with Crippen molar-refractivity contribution in [1.29, 1.82) is 0 Å². The molecule has 0 amide bonds. The Morgan fingerprint density at radius 2 is 1.61 bits per heavy atom. The third-order valence-corrected chi connectivity index (χ3v) is 4.44. The first-order valence-electron chi connectivity index (χ1n) is 7.08. The summed E-state index contributed by atoms with van der Waals surface area (Å²) in [5, 5.41) is 11.2. The maximum atomic E-state index is 11.2. The zero-order chi connectivity index (χ0) is 13.2. The Kier molecular flexibility index (Phi) is 4.08. The highest BCUT2D eigenvalue weighted by Gasteiger charge is 2.42. The summed E-state index contributed by atoms with van der Waals surface area (Å²) in [6.07, 6.45) is 2.51. The molecule has 0 unspecified atom stereocenters. The molecule has 0 aromatic heterocycles. The Balaban J connectivity index is 2.31. The molecule has 1 aromatic rings. The number of aliphatic hydroxyl groups is 1. The van der Waals surface area contributed by atoms with Crippen LogP contribution in [0.15, 0.2) is 30.3 Å². The van der Waals surface area contributed by atoms with Gasteiger partial charge in [-0.25, -0.2) is 0 Å². The van der Waals surface area contributed by atoms with Crippen LogP contribution in [-0.4, -0.2) is 29.1 Å². The van der Waals surface area contributed by atoms with Gasteiger partial charge in [-0.05, 0) is 44.3 Å². The van der Waals surface area contributed by atoms with E-state index >= 15 is 0 Å². The first kappa shape index (κ1) is 13.6. The number of hydrogen-bond acceptors (Lipinski definition) is 2. The number of benzene rings is 1. The van der Waals surface area contributed by atoms with Crippen molar-refractivity contribution in [2.75, 3.05) is 13.1 Å². The molecule has 1 fully saturated rings. The van der Waals surface area contributed by atoms with Gasteiger partial charge in [-0.3, -0.25) is 4.90 Å². The maximum Gasteiger partial charge on any atom is 0.107 e. The van der Waals surface area contributed by atoms with Crippen molar-refractivity contribution in [1.82, 2.24) is 4.90 Å². The molecule has 0 aliphatic carbocycles. The van der Waals surface area contributed by atoms with Gasteiger partial charge in [-0.15, -0.1) is 0 Å². The maximum absolute atomic E-state index is 11.2. The fourth-order valence-electron chi connectivity index (χ4n) is 3.17. The van der Waals surface area contributed by atoms with Crippen molar-refractivity contribution in [2.24, 2.45) is 5.92 Å². The first-order chi connectivity index (χ1) is 8.56. The summed E-state index contributed by atoms with van der Waals surface area (Å²) in [5.74, 6) is 0.204. The van der Waals surface area contributed by atoms with E-state index in [0.717, 1.165) is 18.7 Å². The zero-order valence-corrected chi connectivity index (χ0v) is 11.8. The molecule has 2 atom stereocenters. The van der Waals surface area contributed by atoms with Gasteiger partial charge in [0, 0.05) is 6.04 Å². The molecule has 1 aliphatic rings. The second-order valence-electron chi connectivity index (χ2n) is 5.77. The standard InChI is InChI=1S/C16H25NO/c1-13(2)16(18,15-9-5-4-6-10-15)14(3)17-11-7-8-12-17/h4-6,9-10,13-14,18H,7-8,11-12H2,1-3H3/t14-,16+/m1/s1. The van der Waals surface area contributed by atoms with Crippen LogP contribution in [0.1, 0.15) is 39.2 Å². The Bertz CT molecular complexity index is 370. The summed E-state index contributed by atoms with van der Waals surface area (Å²) >= 11 is 0. The van der Waals surface area contributed by atoms with E-state index in [-0.39, 0.29) is 12.0 Å². The van der Waals surface area contributed by atoms with Crippen molar-refractivity contribution >= 4 is 0 Å². The lowest BCUT2D eigenvalue weighted by Gasteiger charge is -2.42. The molecule has 2 heteroatoms. The number of nitrogens with zero attached hydrogens (tertiary/aromatic N) is 1. The van der Waals surface area contributed by atoms with Crippen LogP contribution in [0, 0.1) is 5.92 Å².